The second-order valence-electron chi connectivity index (χ2n) is 10.3. The van der Waals surface area contributed by atoms with Crippen LogP contribution in [0.2, 0.25) is 0 Å². The van der Waals surface area contributed by atoms with Gasteiger partial charge in [0.15, 0.2) is 0 Å². The summed E-state index contributed by atoms with van der Waals surface area (Å²) in [6, 6.07) is 13.2. The van der Waals surface area contributed by atoms with E-state index >= 15 is 0 Å². The molecule has 4 nitrogen and oxygen atoms in total. The predicted molar refractivity (Wildman–Crippen MR) is 148 cm³/mol. The van der Waals surface area contributed by atoms with E-state index in [9.17, 15) is 9.90 Å². The van der Waals surface area contributed by atoms with Gasteiger partial charge in [-0.15, -0.1) is 0 Å². The number of esters is 1. The Kier molecular flexibility index (Phi) is 9.41. The minimum atomic E-state index is -0.748. The molecule has 1 aliphatic rings. The van der Waals surface area contributed by atoms with Gasteiger partial charge in [-0.25, -0.2) is 0 Å². The normalized spacial score (nSPS) is 16.9. The van der Waals surface area contributed by atoms with Crippen LogP contribution in [0.1, 0.15) is 100 Å². The van der Waals surface area contributed by atoms with Crippen LogP contribution in [0.25, 0.3) is 6.08 Å². The Labute approximate surface area is 217 Å². The molecule has 0 aromatic heterocycles. The molecule has 1 aliphatic heterocycles. The molecule has 0 saturated carbocycles. The van der Waals surface area contributed by atoms with Gasteiger partial charge in [0.1, 0.15) is 18.5 Å². The third-order valence-electron chi connectivity index (χ3n) is 8.18. The van der Waals surface area contributed by atoms with Gasteiger partial charge in [-0.2, -0.15) is 0 Å². The van der Waals surface area contributed by atoms with E-state index in [1.54, 1.807) is 0 Å². The third kappa shape index (κ3) is 6.21. The van der Waals surface area contributed by atoms with Crippen molar-refractivity contribution in [2.45, 2.75) is 104 Å². The molecule has 2 aromatic carbocycles. The first-order valence-corrected chi connectivity index (χ1v) is 13.7. The number of aryl methyl sites for hydroxylation is 2. The van der Waals surface area contributed by atoms with Crippen molar-refractivity contribution in [2.75, 3.05) is 6.61 Å². The maximum atomic E-state index is 11.6. The summed E-state index contributed by atoms with van der Waals surface area (Å²) in [5.41, 5.74) is 5.20. The van der Waals surface area contributed by atoms with Crippen LogP contribution in [-0.2, 0) is 14.9 Å². The largest absolute Gasteiger partial charge is 0.489 e. The van der Waals surface area contributed by atoms with Crippen LogP contribution in [0.5, 0.6) is 5.75 Å². The lowest BCUT2D eigenvalue weighted by molar-refractivity contribution is -0.155. The zero-order chi connectivity index (χ0) is 26.3. The molecule has 196 valence electrons. The van der Waals surface area contributed by atoms with Crippen molar-refractivity contribution in [2.24, 2.45) is 0 Å². The molecule has 1 atom stereocenters. The van der Waals surface area contributed by atoms with Crippen LogP contribution >= 0.6 is 0 Å². The fourth-order valence-electron chi connectivity index (χ4n) is 5.31. The summed E-state index contributed by atoms with van der Waals surface area (Å²) in [5, 5.41) is 10.6. The minimum absolute atomic E-state index is 0.0945. The second kappa shape index (κ2) is 12.1. The molecule has 0 aliphatic carbocycles. The second-order valence-corrected chi connectivity index (χ2v) is 10.3. The standard InChI is InChI=1S/C32H44O4/c1-7-31(34,8-2)19-18-25-14-15-26(20-23(25)5)32(9-3,10-4)27-16-17-29(24(6)21-27)35-22-28-12-11-13-30(33)36-28/h14-21,28,34H,7-13,22H2,1-6H3/b19-18+/t28-/m0/s1. The van der Waals surface area contributed by atoms with Gasteiger partial charge in [-0.1, -0.05) is 70.2 Å². The van der Waals surface area contributed by atoms with E-state index in [2.05, 4.69) is 70.2 Å². The summed E-state index contributed by atoms with van der Waals surface area (Å²) in [7, 11) is 0. The Morgan fingerprint density at radius 3 is 2.17 bits per heavy atom. The maximum absolute atomic E-state index is 11.6. The number of ether oxygens (including phenoxy) is 2. The first kappa shape index (κ1) is 28.0. The molecule has 1 saturated heterocycles. The molecule has 1 heterocycles. The fraction of sp³-hybridized carbons (Fsp3) is 0.531. The summed E-state index contributed by atoms with van der Waals surface area (Å²) in [5.74, 6) is 0.721. The molecule has 3 rings (SSSR count). The lowest BCUT2D eigenvalue weighted by atomic mass is 9.70. The third-order valence-corrected chi connectivity index (χ3v) is 8.18. The van der Waals surface area contributed by atoms with Gasteiger partial charge in [0.2, 0.25) is 0 Å². The van der Waals surface area contributed by atoms with Crippen molar-refractivity contribution >= 4 is 12.0 Å². The molecule has 0 spiro atoms. The molecular weight excluding hydrogens is 448 g/mol. The van der Waals surface area contributed by atoms with Crippen molar-refractivity contribution in [1.82, 2.24) is 0 Å². The number of hydrogen-bond acceptors (Lipinski definition) is 4. The molecule has 4 heteroatoms. The minimum Gasteiger partial charge on any atom is -0.489 e. The van der Waals surface area contributed by atoms with Crippen LogP contribution < -0.4 is 4.74 Å². The van der Waals surface area contributed by atoms with Gasteiger partial charge < -0.3 is 14.6 Å². The molecule has 2 aromatic rings. The highest BCUT2D eigenvalue weighted by atomic mass is 16.6. The average molecular weight is 493 g/mol. The van der Waals surface area contributed by atoms with Crippen LogP contribution in [0.4, 0.5) is 0 Å². The predicted octanol–water partition coefficient (Wildman–Crippen LogP) is 7.45. The summed E-state index contributed by atoms with van der Waals surface area (Å²) >= 11 is 0. The van der Waals surface area contributed by atoms with Crippen molar-refractivity contribution in [3.8, 4) is 5.75 Å². The average Bonchev–Trinajstić information content (AvgIpc) is 2.88. The SMILES string of the molecule is CCC(O)(/C=C/c1ccc(C(CC)(CC)c2ccc(OC[C@@H]3CCCC(=O)O3)c(C)c2)cc1C)CC. The molecule has 0 amide bonds. The Morgan fingerprint density at radius 1 is 0.972 bits per heavy atom. The molecule has 1 fully saturated rings. The molecule has 0 bridgehead atoms. The van der Waals surface area contributed by atoms with Crippen LogP contribution in [0, 0.1) is 13.8 Å². The van der Waals surface area contributed by atoms with Gasteiger partial charge >= 0.3 is 5.97 Å². The highest BCUT2D eigenvalue weighted by Crippen LogP contribution is 2.41. The molecule has 0 radical (unpaired) electrons. The summed E-state index contributed by atoms with van der Waals surface area (Å²) < 4.78 is 11.5. The number of carbonyl (C=O) groups is 1. The zero-order valence-corrected chi connectivity index (χ0v) is 23.0. The fourth-order valence-corrected chi connectivity index (χ4v) is 5.31. The van der Waals surface area contributed by atoms with Crippen LogP contribution in [-0.4, -0.2) is 29.4 Å². The number of benzene rings is 2. The number of cyclic esters (lactones) is 1. The van der Waals surface area contributed by atoms with E-state index < -0.39 is 5.60 Å². The van der Waals surface area contributed by atoms with Crippen molar-refractivity contribution in [3.05, 3.63) is 70.3 Å². The van der Waals surface area contributed by atoms with Gasteiger partial charge in [0.25, 0.3) is 0 Å². The van der Waals surface area contributed by atoms with E-state index in [-0.39, 0.29) is 17.5 Å². The number of carbonyl (C=O) groups excluding carboxylic acids is 1. The number of hydrogen-bond donors (Lipinski definition) is 1. The van der Waals surface area contributed by atoms with Crippen molar-refractivity contribution < 1.29 is 19.4 Å². The Hall–Kier alpha value is -2.59. The van der Waals surface area contributed by atoms with Gasteiger partial charge in [0, 0.05) is 11.8 Å². The van der Waals surface area contributed by atoms with Crippen molar-refractivity contribution in [3.63, 3.8) is 0 Å². The van der Waals surface area contributed by atoms with E-state index in [0.29, 0.717) is 25.9 Å². The van der Waals surface area contributed by atoms with Crippen LogP contribution in [0.15, 0.2) is 42.5 Å². The van der Waals surface area contributed by atoms with Gasteiger partial charge in [-0.05, 0) is 86.3 Å². The lowest BCUT2D eigenvalue weighted by Gasteiger charge is -2.34. The van der Waals surface area contributed by atoms with Gasteiger partial charge in [-0.3, -0.25) is 4.79 Å². The summed E-state index contributed by atoms with van der Waals surface area (Å²) in [4.78, 5) is 11.6. The topological polar surface area (TPSA) is 55.8 Å². The summed E-state index contributed by atoms with van der Waals surface area (Å²) in [6.07, 6.45) is 9.47. The first-order chi connectivity index (χ1) is 17.2. The van der Waals surface area contributed by atoms with Crippen molar-refractivity contribution in [1.29, 1.82) is 0 Å². The first-order valence-electron chi connectivity index (χ1n) is 13.7. The highest BCUT2D eigenvalue weighted by Gasteiger charge is 2.31. The molecule has 0 unspecified atom stereocenters. The Morgan fingerprint density at radius 2 is 1.61 bits per heavy atom. The zero-order valence-electron chi connectivity index (χ0n) is 23.0. The Bertz CT molecular complexity index is 1060. The van der Waals surface area contributed by atoms with E-state index in [4.69, 9.17) is 9.47 Å². The number of aliphatic hydroxyl groups is 1. The highest BCUT2D eigenvalue weighted by molar-refractivity contribution is 5.70. The molecule has 36 heavy (non-hydrogen) atoms. The Balaban J connectivity index is 1.84. The summed E-state index contributed by atoms with van der Waals surface area (Å²) in [6.45, 7) is 13.2. The number of rotatable bonds is 11. The maximum Gasteiger partial charge on any atom is 0.306 e. The smallest absolute Gasteiger partial charge is 0.306 e. The monoisotopic (exact) mass is 492 g/mol. The molecule has 1 N–H and O–H groups in total. The van der Waals surface area contributed by atoms with E-state index in [1.807, 2.05) is 19.9 Å². The lowest BCUT2D eigenvalue weighted by Crippen LogP contribution is -2.29. The van der Waals surface area contributed by atoms with E-state index in [0.717, 1.165) is 42.6 Å². The molecular formula is C32H44O4. The van der Waals surface area contributed by atoms with Gasteiger partial charge in [0.05, 0.1) is 5.60 Å². The van der Waals surface area contributed by atoms with Crippen LogP contribution in [0.3, 0.4) is 0 Å². The quantitative estimate of drug-likeness (QED) is 0.331. The van der Waals surface area contributed by atoms with E-state index in [1.165, 1.54) is 16.7 Å².